The van der Waals surface area contributed by atoms with Crippen LogP contribution in [0.25, 0.3) is 16.9 Å². The van der Waals surface area contributed by atoms with Gasteiger partial charge in [0, 0.05) is 35.8 Å². The number of carbonyl (C=O) groups is 2. The number of hydrogen-bond donors (Lipinski definition) is 1. The maximum atomic E-state index is 15.3. The molecule has 1 aliphatic heterocycles. The Balaban J connectivity index is 1.75. The van der Waals surface area contributed by atoms with Gasteiger partial charge in [0.1, 0.15) is 24.0 Å². The zero-order valence-corrected chi connectivity index (χ0v) is 24.1. The highest BCUT2D eigenvalue weighted by Crippen LogP contribution is 2.49. The fourth-order valence-electron chi connectivity index (χ4n) is 4.70. The van der Waals surface area contributed by atoms with Crippen LogP contribution in [0.4, 0.5) is 14.6 Å². The molecule has 0 radical (unpaired) electrons. The van der Waals surface area contributed by atoms with E-state index in [1.54, 1.807) is 28.9 Å². The van der Waals surface area contributed by atoms with Crippen LogP contribution in [0, 0.1) is 11.6 Å². The lowest BCUT2D eigenvalue weighted by atomic mass is 9.99. The summed E-state index contributed by atoms with van der Waals surface area (Å²) in [6.45, 7) is 0.753. The maximum absolute atomic E-state index is 15.3. The Morgan fingerprint density at radius 3 is 2.54 bits per heavy atom. The first-order valence-corrected chi connectivity index (χ1v) is 14.4. The summed E-state index contributed by atoms with van der Waals surface area (Å²) in [5.41, 5.74) is 2.45. The zero-order chi connectivity index (χ0) is 29.1. The average Bonchev–Trinajstić information content (AvgIpc) is 3.26. The first-order chi connectivity index (χ1) is 19.7. The van der Waals surface area contributed by atoms with Crippen molar-refractivity contribution >= 4 is 41.0 Å². The molecule has 0 saturated carbocycles. The molecule has 11 heteroatoms. The molecule has 3 aromatic carbocycles. The van der Waals surface area contributed by atoms with Gasteiger partial charge in [-0.1, -0.05) is 60.1 Å². The second kappa shape index (κ2) is 12.4. The van der Waals surface area contributed by atoms with Crippen LogP contribution in [0.5, 0.6) is 0 Å². The lowest BCUT2D eigenvalue weighted by Gasteiger charge is -2.23. The monoisotopic (exact) mass is 595 g/mol. The van der Waals surface area contributed by atoms with E-state index in [4.69, 9.17) is 16.7 Å². The summed E-state index contributed by atoms with van der Waals surface area (Å²) in [5.74, 6) is -1.87. The van der Waals surface area contributed by atoms with Crippen LogP contribution < -0.4 is 10.2 Å². The molecule has 0 spiro atoms. The number of nitrogens with one attached hydrogen (secondary N) is 1. The molecular weight excluding hydrogens is 568 g/mol. The van der Waals surface area contributed by atoms with E-state index < -0.39 is 16.9 Å². The van der Waals surface area contributed by atoms with Crippen molar-refractivity contribution in [1.29, 1.82) is 0 Å². The van der Waals surface area contributed by atoms with Gasteiger partial charge in [0.25, 0.3) is 0 Å². The van der Waals surface area contributed by atoms with Crippen molar-refractivity contribution in [3.8, 4) is 16.9 Å². The molecule has 0 unspecified atom stereocenters. The van der Waals surface area contributed by atoms with Crippen LogP contribution in [0.1, 0.15) is 16.4 Å². The molecule has 1 aliphatic rings. The molecule has 4 aromatic rings. The molecule has 0 saturated heterocycles. The van der Waals surface area contributed by atoms with E-state index in [1.165, 1.54) is 28.8 Å². The highest BCUT2D eigenvalue weighted by Gasteiger charge is 2.38. The first-order valence-electron chi connectivity index (χ1n) is 13.0. The lowest BCUT2D eigenvalue weighted by molar-refractivity contribution is -0.122. The number of hydrogen-bond acceptors (Lipinski definition) is 5. The number of thioether (sulfide) groups is 1. The van der Waals surface area contributed by atoms with Crippen molar-refractivity contribution in [3.05, 3.63) is 101 Å². The summed E-state index contributed by atoms with van der Waals surface area (Å²) in [7, 11) is 3.80. The Bertz CT molecular complexity index is 1580. The molecule has 1 aromatic heterocycles. The molecule has 1 atom stereocenters. The molecule has 2 heterocycles. The van der Waals surface area contributed by atoms with Gasteiger partial charge in [0.15, 0.2) is 0 Å². The quantitative estimate of drug-likeness (QED) is 0.299. The summed E-state index contributed by atoms with van der Waals surface area (Å²) in [6, 6.07) is 19.8. The molecule has 0 aliphatic carbocycles. The van der Waals surface area contributed by atoms with E-state index in [9.17, 15) is 14.0 Å². The van der Waals surface area contributed by atoms with E-state index in [0.29, 0.717) is 40.9 Å². The summed E-state index contributed by atoms with van der Waals surface area (Å²) >= 11 is 7.83. The lowest BCUT2D eigenvalue weighted by Crippen LogP contribution is -2.43. The standard InChI is InChI=1S/C30H28ClF2N5O2S/c1-36(2)15-14-34-25(39)17-37-26(40)18-41-29(21-13-12-20(32)16-23(21)33)27-28(19-8-4-3-5-9-19)35-38(30(27)37)24-11-7-6-10-22(24)31/h3-13,16,29H,14-15,17-18H2,1-2H3,(H,34,39)/t29-/m1/s1. The van der Waals surface area contributed by atoms with Crippen molar-refractivity contribution in [3.63, 3.8) is 0 Å². The van der Waals surface area contributed by atoms with E-state index >= 15 is 4.39 Å². The Labute approximate surface area is 246 Å². The number of likely N-dealkylation sites (N-methyl/N-ethyl adjacent to an activating group) is 1. The Morgan fingerprint density at radius 1 is 1.10 bits per heavy atom. The third kappa shape index (κ3) is 6.14. The second-order valence-electron chi connectivity index (χ2n) is 9.81. The van der Waals surface area contributed by atoms with Crippen LogP contribution in [-0.2, 0) is 9.59 Å². The minimum atomic E-state index is -0.736. The minimum absolute atomic E-state index is 0.0438. The van der Waals surface area contributed by atoms with Crippen molar-refractivity contribution in [1.82, 2.24) is 20.0 Å². The number of aromatic nitrogens is 2. The van der Waals surface area contributed by atoms with Gasteiger partial charge in [-0.15, -0.1) is 11.8 Å². The second-order valence-corrected chi connectivity index (χ2v) is 11.3. The van der Waals surface area contributed by atoms with Gasteiger partial charge in [-0.05, 0) is 32.3 Å². The van der Waals surface area contributed by atoms with Gasteiger partial charge in [0.2, 0.25) is 11.8 Å². The van der Waals surface area contributed by atoms with Gasteiger partial charge >= 0.3 is 0 Å². The van der Waals surface area contributed by atoms with E-state index in [2.05, 4.69) is 5.32 Å². The Morgan fingerprint density at radius 2 is 1.83 bits per heavy atom. The molecule has 41 heavy (non-hydrogen) atoms. The molecular formula is C30H28ClF2N5O2S. The molecule has 2 amide bonds. The summed E-state index contributed by atoms with van der Waals surface area (Å²) in [6.07, 6.45) is 0. The predicted octanol–water partition coefficient (Wildman–Crippen LogP) is 5.32. The first kappa shape index (κ1) is 28.8. The predicted molar refractivity (Wildman–Crippen MR) is 159 cm³/mol. The van der Waals surface area contributed by atoms with Crippen molar-refractivity contribution in [2.45, 2.75) is 5.25 Å². The van der Waals surface area contributed by atoms with Gasteiger partial charge in [-0.3, -0.25) is 14.5 Å². The molecule has 1 N–H and O–H groups in total. The average molecular weight is 596 g/mol. The highest BCUT2D eigenvalue weighted by atomic mass is 35.5. The third-order valence-corrected chi connectivity index (χ3v) is 8.20. The normalized spacial score (nSPS) is 15.1. The smallest absolute Gasteiger partial charge is 0.240 e. The fraction of sp³-hybridized carbons (Fsp3) is 0.233. The number of benzene rings is 3. The molecule has 5 rings (SSSR count). The number of anilines is 1. The number of para-hydroxylation sites is 1. The van der Waals surface area contributed by atoms with E-state index in [-0.39, 0.29) is 29.7 Å². The van der Waals surface area contributed by atoms with E-state index in [0.717, 1.165) is 11.6 Å². The highest BCUT2D eigenvalue weighted by molar-refractivity contribution is 8.00. The topological polar surface area (TPSA) is 70.5 Å². The molecule has 0 fully saturated rings. The molecule has 212 valence electrons. The molecule has 7 nitrogen and oxygen atoms in total. The Hall–Kier alpha value is -3.73. The summed E-state index contributed by atoms with van der Waals surface area (Å²) < 4.78 is 30.8. The third-order valence-electron chi connectivity index (χ3n) is 6.64. The van der Waals surface area contributed by atoms with Crippen molar-refractivity contribution in [2.75, 3.05) is 44.4 Å². The maximum Gasteiger partial charge on any atom is 0.240 e. The number of halogens is 3. The number of amides is 2. The van der Waals surface area contributed by atoms with Crippen LogP contribution in [-0.4, -0.2) is 66.0 Å². The number of carbonyl (C=O) groups excluding carboxylic acids is 2. The van der Waals surface area contributed by atoms with Crippen molar-refractivity contribution in [2.24, 2.45) is 0 Å². The number of nitrogens with zero attached hydrogens (tertiary/aromatic N) is 4. The van der Waals surface area contributed by atoms with Gasteiger partial charge in [0.05, 0.1) is 27.4 Å². The summed E-state index contributed by atoms with van der Waals surface area (Å²) in [4.78, 5) is 30.1. The van der Waals surface area contributed by atoms with Crippen LogP contribution in [0.3, 0.4) is 0 Å². The molecule has 0 bridgehead atoms. The van der Waals surface area contributed by atoms with E-state index in [1.807, 2.05) is 49.3 Å². The van der Waals surface area contributed by atoms with Crippen LogP contribution in [0.15, 0.2) is 72.8 Å². The Kier molecular flexibility index (Phi) is 8.72. The SMILES string of the molecule is CN(C)CCNC(=O)CN1C(=O)CS[C@H](c2ccc(F)cc2F)c2c(-c3ccccc3)nn(-c3ccccc3Cl)c21. The van der Waals surface area contributed by atoms with Gasteiger partial charge in [-0.2, -0.15) is 5.10 Å². The van der Waals surface area contributed by atoms with Crippen molar-refractivity contribution < 1.29 is 18.4 Å². The number of fused-ring (bicyclic) bond motifs is 1. The zero-order valence-electron chi connectivity index (χ0n) is 22.5. The largest absolute Gasteiger partial charge is 0.353 e. The van der Waals surface area contributed by atoms with Gasteiger partial charge in [-0.25, -0.2) is 13.5 Å². The van der Waals surface area contributed by atoms with Crippen LogP contribution in [0.2, 0.25) is 5.02 Å². The minimum Gasteiger partial charge on any atom is -0.353 e. The van der Waals surface area contributed by atoms with Gasteiger partial charge < -0.3 is 10.2 Å². The summed E-state index contributed by atoms with van der Waals surface area (Å²) in [5, 5.41) is 7.43. The fourth-order valence-corrected chi connectivity index (χ4v) is 6.13. The van der Waals surface area contributed by atoms with Crippen LogP contribution >= 0.6 is 23.4 Å². The number of rotatable bonds is 8.